The number of hydrogen-bond donors (Lipinski definition) is 0. The van der Waals surface area contributed by atoms with Crippen molar-refractivity contribution < 1.29 is 38.1 Å². The SMILES string of the molecule is CCOC(=O)CCn1cnc2cc(OC(=O)N(C)CC)ccc21.CCOC(=O)CCn1cnc2ccc(OC(=O)N(C)CC)cc21.Cl.Cl. The highest BCUT2D eigenvalue weighted by atomic mass is 35.5. The lowest BCUT2D eigenvalue weighted by atomic mass is 10.3. The van der Waals surface area contributed by atoms with Crippen LogP contribution in [0.4, 0.5) is 9.59 Å². The zero-order valence-electron chi connectivity index (χ0n) is 28.0. The first kappa shape index (κ1) is 41.5. The third kappa shape index (κ3) is 11.9. The van der Waals surface area contributed by atoms with Gasteiger partial charge in [-0.15, -0.1) is 24.8 Å². The van der Waals surface area contributed by atoms with Crippen LogP contribution < -0.4 is 9.47 Å². The number of fused-ring (bicyclic) bond motifs is 2. The highest BCUT2D eigenvalue weighted by molar-refractivity contribution is 5.85. The molecule has 4 rings (SSSR count). The van der Waals surface area contributed by atoms with Crippen LogP contribution in [0.3, 0.4) is 0 Å². The number of halogens is 2. The summed E-state index contributed by atoms with van der Waals surface area (Å²) in [5, 5.41) is 0. The highest BCUT2D eigenvalue weighted by Gasteiger charge is 2.13. The van der Waals surface area contributed by atoms with Crippen molar-refractivity contribution in [1.29, 1.82) is 0 Å². The van der Waals surface area contributed by atoms with Crippen LogP contribution in [0.15, 0.2) is 49.1 Å². The number of aromatic nitrogens is 4. The Morgan fingerprint density at radius 3 is 1.60 bits per heavy atom. The van der Waals surface area contributed by atoms with Gasteiger partial charge in [0.1, 0.15) is 11.5 Å². The number of carbonyl (C=O) groups is 4. The van der Waals surface area contributed by atoms with Crippen molar-refractivity contribution in [1.82, 2.24) is 28.9 Å². The Balaban J connectivity index is 0.000000461. The zero-order chi connectivity index (χ0) is 33.6. The molecule has 0 saturated heterocycles. The van der Waals surface area contributed by atoms with Gasteiger partial charge >= 0.3 is 24.1 Å². The molecule has 0 aliphatic heterocycles. The Labute approximate surface area is 292 Å². The van der Waals surface area contributed by atoms with E-state index in [1.54, 1.807) is 70.9 Å². The molecule has 0 unspecified atom stereocenters. The molecule has 0 saturated carbocycles. The van der Waals surface area contributed by atoms with Gasteiger partial charge in [0.25, 0.3) is 0 Å². The first-order chi connectivity index (χ1) is 22.1. The minimum atomic E-state index is -0.413. The van der Waals surface area contributed by atoms with Gasteiger partial charge in [0.2, 0.25) is 0 Å². The molecule has 2 aromatic carbocycles. The molecule has 16 heteroatoms. The molecule has 0 spiro atoms. The van der Waals surface area contributed by atoms with Crippen LogP contribution in [0.2, 0.25) is 0 Å². The lowest BCUT2D eigenvalue weighted by Crippen LogP contribution is -2.29. The maximum Gasteiger partial charge on any atom is 0.414 e. The Morgan fingerprint density at radius 2 is 1.10 bits per heavy atom. The molecule has 2 aromatic heterocycles. The summed E-state index contributed by atoms with van der Waals surface area (Å²) in [5.74, 6) is 0.406. The van der Waals surface area contributed by atoms with Gasteiger partial charge in [0.15, 0.2) is 0 Å². The number of rotatable bonds is 12. The topological polar surface area (TPSA) is 147 Å². The van der Waals surface area contributed by atoms with E-state index in [1.165, 1.54) is 9.80 Å². The van der Waals surface area contributed by atoms with E-state index in [-0.39, 0.29) is 49.6 Å². The van der Waals surface area contributed by atoms with E-state index in [0.29, 0.717) is 56.4 Å². The van der Waals surface area contributed by atoms with Crippen molar-refractivity contribution in [2.45, 2.75) is 53.6 Å². The van der Waals surface area contributed by atoms with Crippen molar-refractivity contribution in [3.05, 3.63) is 49.1 Å². The monoisotopic (exact) mass is 710 g/mol. The molecular weight excluding hydrogens is 667 g/mol. The predicted octanol–water partition coefficient (Wildman–Crippen LogP) is 5.72. The number of carbonyl (C=O) groups excluding carboxylic acids is 4. The van der Waals surface area contributed by atoms with Crippen molar-refractivity contribution in [2.24, 2.45) is 0 Å². The summed E-state index contributed by atoms with van der Waals surface area (Å²) >= 11 is 0. The van der Waals surface area contributed by atoms with Crippen molar-refractivity contribution in [3.63, 3.8) is 0 Å². The second-order valence-electron chi connectivity index (χ2n) is 10.1. The minimum Gasteiger partial charge on any atom is -0.466 e. The Hall–Kier alpha value is -4.56. The van der Waals surface area contributed by atoms with Gasteiger partial charge in [0, 0.05) is 52.4 Å². The number of hydrogen-bond acceptors (Lipinski definition) is 10. The van der Waals surface area contributed by atoms with Crippen LogP contribution in [-0.2, 0) is 32.2 Å². The Kier molecular flexibility index (Phi) is 17.8. The number of esters is 2. The number of ether oxygens (including phenoxy) is 4. The molecule has 0 aliphatic carbocycles. The van der Waals surface area contributed by atoms with Gasteiger partial charge in [-0.1, -0.05) is 0 Å². The molecule has 0 radical (unpaired) electrons. The third-order valence-corrected chi connectivity index (χ3v) is 6.89. The number of amides is 2. The lowest BCUT2D eigenvalue weighted by Gasteiger charge is -2.14. The second-order valence-corrected chi connectivity index (χ2v) is 10.1. The van der Waals surface area contributed by atoms with Gasteiger partial charge in [-0.25, -0.2) is 19.6 Å². The predicted molar refractivity (Wildman–Crippen MR) is 185 cm³/mol. The van der Waals surface area contributed by atoms with Crippen LogP contribution >= 0.6 is 24.8 Å². The average molecular weight is 712 g/mol. The van der Waals surface area contributed by atoms with E-state index in [2.05, 4.69) is 9.97 Å². The maximum absolute atomic E-state index is 11.8. The number of imidazole rings is 2. The summed E-state index contributed by atoms with van der Waals surface area (Å²) in [6, 6.07) is 10.5. The smallest absolute Gasteiger partial charge is 0.414 e. The summed E-state index contributed by atoms with van der Waals surface area (Å²) in [7, 11) is 3.34. The van der Waals surface area contributed by atoms with Gasteiger partial charge < -0.3 is 37.9 Å². The highest BCUT2D eigenvalue weighted by Crippen LogP contribution is 2.22. The first-order valence-electron chi connectivity index (χ1n) is 15.2. The fourth-order valence-electron chi connectivity index (χ4n) is 4.07. The zero-order valence-corrected chi connectivity index (χ0v) is 29.7. The van der Waals surface area contributed by atoms with Gasteiger partial charge in [-0.3, -0.25) is 9.59 Å². The van der Waals surface area contributed by atoms with Gasteiger partial charge in [-0.05, 0) is 52.0 Å². The second kappa shape index (κ2) is 20.6. The molecule has 14 nitrogen and oxygen atoms in total. The standard InChI is InChI=1S/2C16H21N3O4.2ClH/c1-4-18(3)16(21)23-12-6-7-14-13(10-12)17-11-19(14)9-8-15(20)22-5-2;1-4-18(3)16(21)23-12-6-7-13-14(10-12)19(11-17-13)9-8-15(20)22-5-2;;/h2*6-7,10-11H,4-5,8-9H2,1-3H3;2*1H. The summed E-state index contributed by atoms with van der Waals surface area (Å²) in [5.41, 5.74) is 3.16. The van der Waals surface area contributed by atoms with Crippen LogP contribution in [0.1, 0.15) is 40.5 Å². The van der Waals surface area contributed by atoms with E-state index in [4.69, 9.17) is 18.9 Å². The summed E-state index contributed by atoms with van der Waals surface area (Å²) in [6.45, 7) is 10.1. The first-order valence-corrected chi connectivity index (χ1v) is 15.2. The Bertz CT molecular complexity index is 1640. The lowest BCUT2D eigenvalue weighted by molar-refractivity contribution is -0.144. The van der Waals surface area contributed by atoms with Crippen molar-refractivity contribution in [3.8, 4) is 11.5 Å². The van der Waals surface area contributed by atoms with E-state index >= 15 is 0 Å². The van der Waals surface area contributed by atoms with E-state index in [1.807, 2.05) is 29.0 Å². The van der Waals surface area contributed by atoms with Gasteiger partial charge in [0.05, 0.1) is 60.8 Å². The molecule has 4 aromatic rings. The van der Waals surface area contributed by atoms with Crippen molar-refractivity contribution in [2.75, 3.05) is 40.4 Å². The van der Waals surface area contributed by atoms with Crippen LogP contribution in [0, 0.1) is 0 Å². The number of nitrogens with zero attached hydrogens (tertiary/aromatic N) is 6. The van der Waals surface area contributed by atoms with E-state index in [0.717, 1.165) is 16.6 Å². The molecule has 0 aliphatic rings. The third-order valence-electron chi connectivity index (χ3n) is 6.89. The molecule has 2 amide bonds. The van der Waals surface area contributed by atoms with Crippen LogP contribution in [0.25, 0.3) is 22.1 Å². The fourth-order valence-corrected chi connectivity index (χ4v) is 4.07. The molecule has 0 fully saturated rings. The molecule has 48 heavy (non-hydrogen) atoms. The summed E-state index contributed by atoms with van der Waals surface area (Å²) in [6.07, 6.45) is 3.05. The quantitative estimate of drug-likeness (QED) is 0.167. The van der Waals surface area contributed by atoms with Crippen LogP contribution in [0.5, 0.6) is 11.5 Å². The number of aryl methyl sites for hydroxylation is 2. The molecule has 0 atom stereocenters. The maximum atomic E-state index is 11.8. The van der Waals surface area contributed by atoms with E-state index in [9.17, 15) is 19.2 Å². The average Bonchev–Trinajstić information content (AvgIpc) is 3.65. The number of benzene rings is 2. The summed E-state index contributed by atoms with van der Waals surface area (Å²) < 4.78 is 24.1. The molecule has 0 N–H and O–H groups in total. The molecular formula is C32H44Cl2N6O8. The normalized spacial score (nSPS) is 10.1. The molecule has 264 valence electrons. The fraction of sp³-hybridized carbons (Fsp3) is 0.438. The summed E-state index contributed by atoms with van der Waals surface area (Å²) in [4.78, 5) is 58.0. The Morgan fingerprint density at radius 1 is 0.646 bits per heavy atom. The van der Waals surface area contributed by atoms with Crippen LogP contribution in [-0.4, -0.2) is 93.4 Å². The largest absolute Gasteiger partial charge is 0.466 e. The van der Waals surface area contributed by atoms with Gasteiger partial charge in [-0.2, -0.15) is 0 Å². The minimum absolute atomic E-state index is 0. The van der Waals surface area contributed by atoms with E-state index < -0.39 is 12.2 Å². The molecule has 0 bridgehead atoms. The van der Waals surface area contributed by atoms with Crippen molar-refractivity contribution >= 4 is 71.0 Å². The molecule has 2 heterocycles.